The fourth-order valence-electron chi connectivity index (χ4n) is 1.80. The molecule has 0 aliphatic heterocycles. The molecule has 94 valence electrons. The predicted molar refractivity (Wildman–Crippen MR) is 59.2 cm³/mol. The van der Waals surface area contributed by atoms with Gasteiger partial charge >= 0.3 is 6.18 Å². The molecule has 0 heterocycles. The van der Waals surface area contributed by atoms with Crippen LogP contribution in [0.25, 0.3) is 0 Å². The molecule has 1 aromatic carbocycles. The Labute approximate surface area is 98.6 Å². The van der Waals surface area contributed by atoms with Crippen LogP contribution in [-0.2, 0) is 6.18 Å². The van der Waals surface area contributed by atoms with Crippen LogP contribution in [0.2, 0.25) is 0 Å². The van der Waals surface area contributed by atoms with Gasteiger partial charge < -0.3 is 4.74 Å². The van der Waals surface area contributed by atoms with Crippen molar-refractivity contribution < 1.29 is 17.9 Å². The van der Waals surface area contributed by atoms with Crippen molar-refractivity contribution in [1.29, 1.82) is 0 Å². The van der Waals surface area contributed by atoms with Gasteiger partial charge in [0.15, 0.2) is 0 Å². The quantitative estimate of drug-likeness (QED) is 0.767. The Morgan fingerprint density at radius 1 is 1.24 bits per heavy atom. The summed E-state index contributed by atoms with van der Waals surface area (Å²) in [5.74, 6) is -0.194. The Morgan fingerprint density at radius 2 is 1.88 bits per heavy atom. The van der Waals surface area contributed by atoms with Gasteiger partial charge in [-0.05, 0) is 30.4 Å². The van der Waals surface area contributed by atoms with Crippen LogP contribution in [0.15, 0.2) is 18.2 Å². The Kier molecular flexibility index (Phi) is 3.06. The summed E-state index contributed by atoms with van der Waals surface area (Å²) in [6, 6.07) is 4.56. The summed E-state index contributed by atoms with van der Waals surface area (Å²) in [5.41, 5.74) is -0.308. The van der Waals surface area contributed by atoms with E-state index in [0.717, 1.165) is 12.8 Å². The van der Waals surface area contributed by atoms with Gasteiger partial charge in [0.2, 0.25) is 0 Å². The fourth-order valence-corrected chi connectivity index (χ4v) is 1.80. The van der Waals surface area contributed by atoms with E-state index in [1.165, 1.54) is 12.1 Å². The second-order valence-electron chi connectivity index (χ2n) is 4.69. The lowest BCUT2D eigenvalue weighted by molar-refractivity contribution is -0.139. The van der Waals surface area contributed by atoms with Crippen molar-refractivity contribution >= 4 is 0 Å². The summed E-state index contributed by atoms with van der Waals surface area (Å²) in [6.07, 6.45) is -2.68. The Morgan fingerprint density at radius 3 is 2.35 bits per heavy atom. The standard InChI is InChI=1S/C13H15F3O/c1-8(2)10-4-3-5-11(17-9-6-7-9)12(10)13(14,15)16/h3-5,8-9H,6-7H2,1-2H3. The molecule has 17 heavy (non-hydrogen) atoms. The lowest BCUT2D eigenvalue weighted by atomic mass is 9.96. The minimum atomic E-state index is -4.36. The first-order valence-electron chi connectivity index (χ1n) is 5.76. The molecule has 0 amide bonds. The van der Waals surface area contributed by atoms with Crippen molar-refractivity contribution in [3.8, 4) is 5.75 Å². The fraction of sp³-hybridized carbons (Fsp3) is 0.538. The van der Waals surface area contributed by atoms with Gasteiger partial charge in [-0.2, -0.15) is 13.2 Å². The van der Waals surface area contributed by atoms with E-state index in [9.17, 15) is 13.2 Å². The van der Waals surface area contributed by atoms with Crippen molar-refractivity contribution in [2.45, 2.75) is 44.9 Å². The number of alkyl halides is 3. The number of halogens is 3. The van der Waals surface area contributed by atoms with Gasteiger partial charge in [-0.25, -0.2) is 0 Å². The molecule has 1 aromatic rings. The molecule has 0 aromatic heterocycles. The van der Waals surface area contributed by atoms with Crippen molar-refractivity contribution in [3.63, 3.8) is 0 Å². The summed E-state index contributed by atoms with van der Waals surface area (Å²) in [5, 5.41) is 0. The largest absolute Gasteiger partial charge is 0.490 e. The zero-order valence-electron chi connectivity index (χ0n) is 9.84. The maximum atomic E-state index is 13.1. The molecule has 4 heteroatoms. The molecule has 1 saturated carbocycles. The van der Waals surface area contributed by atoms with Crippen LogP contribution in [0.3, 0.4) is 0 Å². The van der Waals surface area contributed by atoms with E-state index in [1.807, 2.05) is 0 Å². The summed E-state index contributed by atoms with van der Waals surface area (Å²) < 4.78 is 44.5. The SMILES string of the molecule is CC(C)c1cccc(OC2CC2)c1C(F)(F)F. The minimum absolute atomic E-state index is 0.0220. The van der Waals surface area contributed by atoms with Crippen LogP contribution in [-0.4, -0.2) is 6.10 Å². The maximum absolute atomic E-state index is 13.1. The topological polar surface area (TPSA) is 9.23 Å². The number of benzene rings is 1. The van der Waals surface area contributed by atoms with E-state index in [4.69, 9.17) is 4.74 Å². The summed E-state index contributed by atoms with van der Waals surface area (Å²) in [4.78, 5) is 0. The Balaban J connectivity index is 2.45. The first-order chi connectivity index (χ1) is 7.89. The Bertz CT molecular complexity index is 406. The van der Waals surface area contributed by atoms with Crippen molar-refractivity contribution in [2.24, 2.45) is 0 Å². The van der Waals surface area contributed by atoms with Gasteiger partial charge in [0, 0.05) is 0 Å². The summed E-state index contributed by atoms with van der Waals surface area (Å²) >= 11 is 0. The van der Waals surface area contributed by atoms with Crippen LogP contribution in [0.1, 0.15) is 43.7 Å². The van der Waals surface area contributed by atoms with Crippen LogP contribution >= 0.6 is 0 Å². The third-order valence-electron chi connectivity index (χ3n) is 2.78. The van der Waals surface area contributed by atoms with E-state index >= 15 is 0 Å². The molecule has 0 N–H and O–H groups in total. The average molecular weight is 244 g/mol. The van der Waals surface area contributed by atoms with E-state index in [1.54, 1.807) is 19.9 Å². The van der Waals surface area contributed by atoms with Crippen molar-refractivity contribution in [3.05, 3.63) is 29.3 Å². The summed E-state index contributed by atoms with van der Waals surface area (Å²) in [7, 11) is 0. The van der Waals surface area contributed by atoms with Gasteiger partial charge in [-0.3, -0.25) is 0 Å². The molecule has 1 nitrogen and oxygen atoms in total. The molecule has 0 atom stereocenters. The van der Waals surface area contributed by atoms with Gasteiger partial charge in [0.05, 0.1) is 6.10 Å². The molecule has 0 unspecified atom stereocenters. The first kappa shape index (κ1) is 12.3. The van der Waals surface area contributed by atoms with Gasteiger partial charge in [-0.1, -0.05) is 26.0 Å². The molecule has 0 bridgehead atoms. The maximum Gasteiger partial charge on any atom is 0.420 e. The normalized spacial score (nSPS) is 16.4. The lowest BCUT2D eigenvalue weighted by Gasteiger charge is -2.19. The van der Waals surface area contributed by atoms with E-state index < -0.39 is 11.7 Å². The third-order valence-corrected chi connectivity index (χ3v) is 2.78. The highest BCUT2D eigenvalue weighted by Gasteiger charge is 2.39. The smallest absolute Gasteiger partial charge is 0.420 e. The Hall–Kier alpha value is -1.19. The van der Waals surface area contributed by atoms with E-state index in [-0.39, 0.29) is 17.8 Å². The van der Waals surface area contributed by atoms with Crippen molar-refractivity contribution in [1.82, 2.24) is 0 Å². The minimum Gasteiger partial charge on any atom is -0.490 e. The molecule has 1 aliphatic rings. The lowest BCUT2D eigenvalue weighted by Crippen LogP contribution is -2.13. The number of hydrogen-bond donors (Lipinski definition) is 0. The highest BCUT2D eigenvalue weighted by molar-refractivity contribution is 5.44. The molecule has 0 saturated heterocycles. The summed E-state index contributed by atoms with van der Waals surface area (Å²) in [6.45, 7) is 3.51. The highest BCUT2D eigenvalue weighted by atomic mass is 19.4. The van der Waals surface area contributed by atoms with Gasteiger partial charge in [0.25, 0.3) is 0 Å². The monoisotopic (exact) mass is 244 g/mol. The number of ether oxygens (including phenoxy) is 1. The van der Waals surface area contributed by atoms with Gasteiger partial charge in [0.1, 0.15) is 11.3 Å². The molecule has 2 rings (SSSR count). The zero-order valence-corrected chi connectivity index (χ0v) is 9.84. The molecule has 1 fully saturated rings. The molecule has 1 aliphatic carbocycles. The van der Waals surface area contributed by atoms with E-state index in [2.05, 4.69) is 0 Å². The predicted octanol–water partition coefficient (Wildman–Crippen LogP) is 4.37. The van der Waals surface area contributed by atoms with Crippen LogP contribution < -0.4 is 4.74 Å². The third kappa shape index (κ3) is 2.73. The van der Waals surface area contributed by atoms with Crippen molar-refractivity contribution in [2.75, 3.05) is 0 Å². The number of rotatable bonds is 3. The van der Waals surface area contributed by atoms with Crippen LogP contribution in [0.5, 0.6) is 5.75 Å². The van der Waals surface area contributed by atoms with Crippen LogP contribution in [0.4, 0.5) is 13.2 Å². The second kappa shape index (κ2) is 4.24. The number of hydrogen-bond acceptors (Lipinski definition) is 1. The molecule has 0 spiro atoms. The highest BCUT2D eigenvalue weighted by Crippen LogP contribution is 2.42. The molecular weight excluding hydrogens is 229 g/mol. The van der Waals surface area contributed by atoms with Gasteiger partial charge in [-0.15, -0.1) is 0 Å². The van der Waals surface area contributed by atoms with E-state index in [0.29, 0.717) is 5.56 Å². The molecule has 0 radical (unpaired) electrons. The molecular formula is C13H15F3O. The second-order valence-corrected chi connectivity index (χ2v) is 4.69. The first-order valence-corrected chi connectivity index (χ1v) is 5.76. The van der Waals surface area contributed by atoms with Crippen LogP contribution in [0, 0.1) is 0 Å². The zero-order chi connectivity index (χ0) is 12.6. The average Bonchev–Trinajstić information content (AvgIpc) is 2.99.